The first-order valence-corrected chi connectivity index (χ1v) is 42.9. The molecule has 0 heterocycles. The van der Waals surface area contributed by atoms with Gasteiger partial charge in [-0.15, -0.1) is 0 Å². The number of esters is 4. The Labute approximate surface area is 597 Å². The van der Waals surface area contributed by atoms with Crippen molar-refractivity contribution in [3.05, 3.63) is 48.6 Å². The monoisotopic (exact) mass is 1430 g/mol. The third-order valence-electron chi connectivity index (χ3n) is 17.3. The Bertz CT molecular complexity index is 2050. The fourth-order valence-electron chi connectivity index (χ4n) is 11.1. The highest BCUT2D eigenvalue weighted by Gasteiger charge is 2.30. The minimum Gasteiger partial charge on any atom is -0.462 e. The van der Waals surface area contributed by atoms with E-state index in [1.165, 1.54) is 148 Å². The highest BCUT2D eigenvalue weighted by Crippen LogP contribution is 2.45. The van der Waals surface area contributed by atoms with E-state index in [1.54, 1.807) is 0 Å². The minimum atomic E-state index is -4.97. The maximum atomic E-state index is 13.1. The van der Waals surface area contributed by atoms with Crippen LogP contribution in [0, 0.1) is 0 Å². The van der Waals surface area contributed by atoms with Gasteiger partial charge in [0.1, 0.15) is 19.3 Å². The van der Waals surface area contributed by atoms with Crippen molar-refractivity contribution in [3.63, 3.8) is 0 Å². The van der Waals surface area contributed by atoms with Gasteiger partial charge >= 0.3 is 39.5 Å². The highest BCUT2D eigenvalue weighted by molar-refractivity contribution is 7.47. The van der Waals surface area contributed by atoms with Crippen molar-refractivity contribution >= 4 is 39.5 Å². The van der Waals surface area contributed by atoms with Crippen LogP contribution in [0.4, 0.5) is 0 Å². The third-order valence-corrected chi connectivity index (χ3v) is 19.2. The number of hydrogen-bond donors (Lipinski definition) is 3. The number of rotatable bonds is 76. The second-order valence-corrected chi connectivity index (χ2v) is 29.9. The molecule has 0 aromatic rings. The second-order valence-electron chi connectivity index (χ2n) is 27.0. The molecule has 17 nitrogen and oxygen atoms in total. The Balaban J connectivity index is 5.32. The van der Waals surface area contributed by atoms with E-state index in [4.69, 9.17) is 37.0 Å². The molecule has 3 N–H and O–H groups in total. The maximum Gasteiger partial charge on any atom is 0.472 e. The Kier molecular flexibility index (Phi) is 70.2. The number of unbranched alkanes of at least 4 members (excludes halogenated alkanes) is 42. The van der Waals surface area contributed by atoms with E-state index in [-0.39, 0.29) is 25.7 Å². The fourth-order valence-corrected chi connectivity index (χ4v) is 12.7. The van der Waals surface area contributed by atoms with Crippen LogP contribution in [0.5, 0.6) is 0 Å². The summed E-state index contributed by atoms with van der Waals surface area (Å²) in [5.74, 6) is -2.17. The first-order valence-electron chi connectivity index (χ1n) is 39.9. The van der Waals surface area contributed by atoms with Crippen molar-refractivity contribution in [3.8, 4) is 0 Å². The van der Waals surface area contributed by atoms with Gasteiger partial charge in [-0.25, -0.2) is 9.13 Å². The number of aliphatic hydroxyl groups is 1. The van der Waals surface area contributed by atoms with Gasteiger partial charge in [-0.3, -0.25) is 37.3 Å². The second kappa shape index (κ2) is 72.4. The van der Waals surface area contributed by atoms with Crippen LogP contribution in [0.25, 0.3) is 0 Å². The average Bonchev–Trinajstić information content (AvgIpc) is 0.959. The lowest BCUT2D eigenvalue weighted by Crippen LogP contribution is -2.30. The summed E-state index contributed by atoms with van der Waals surface area (Å²) in [5, 5.41) is 10.6. The molecule has 98 heavy (non-hydrogen) atoms. The molecule has 5 unspecified atom stereocenters. The smallest absolute Gasteiger partial charge is 0.462 e. The molecule has 0 fully saturated rings. The summed E-state index contributed by atoms with van der Waals surface area (Å²) in [6, 6.07) is 0. The van der Waals surface area contributed by atoms with E-state index < -0.39 is 97.5 Å². The van der Waals surface area contributed by atoms with E-state index in [0.29, 0.717) is 25.7 Å². The first-order chi connectivity index (χ1) is 47.7. The Morgan fingerprint density at radius 1 is 0.286 bits per heavy atom. The highest BCUT2D eigenvalue weighted by atomic mass is 31.2. The van der Waals surface area contributed by atoms with Crippen molar-refractivity contribution in [1.29, 1.82) is 0 Å². The van der Waals surface area contributed by atoms with Crippen LogP contribution in [0.3, 0.4) is 0 Å². The molecular formula is C79H146O17P2. The molecule has 0 saturated heterocycles. The van der Waals surface area contributed by atoms with Crippen LogP contribution in [0.1, 0.15) is 374 Å². The lowest BCUT2D eigenvalue weighted by atomic mass is 10.0. The first kappa shape index (κ1) is 95.0. The number of hydrogen-bond acceptors (Lipinski definition) is 15. The molecule has 0 spiro atoms. The molecule has 0 saturated carbocycles. The predicted octanol–water partition coefficient (Wildman–Crippen LogP) is 22.9. The molecule has 574 valence electrons. The number of carbonyl (C=O) groups excluding carboxylic acids is 4. The third kappa shape index (κ3) is 71.4. The largest absolute Gasteiger partial charge is 0.472 e. The SMILES string of the molecule is CCCCC/C=C\C/C=C\CCCCCCCC(=O)OCC(COP(=O)(O)OCC(O)COP(=O)(O)OCC(COC(=O)CCCCCCC/C=C\CCCCCCCC)OC(=O)CCCCCCCCCCCCCCCCC)OC(=O)CCCCCCC/C=C\CCCCCC. The van der Waals surface area contributed by atoms with Crippen LogP contribution in [0.2, 0.25) is 0 Å². The molecule has 0 aliphatic rings. The molecule has 0 aliphatic heterocycles. The molecule has 0 aromatic carbocycles. The van der Waals surface area contributed by atoms with Gasteiger partial charge in [0.15, 0.2) is 12.2 Å². The van der Waals surface area contributed by atoms with Crippen LogP contribution in [0.15, 0.2) is 48.6 Å². The van der Waals surface area contributed by atoms with E-state index in [0.717, 1.165) is 148 Å². The van der Waals surface area contributed by atoms with Crippen LogP contribution < -0.4 is 0 Å². The van der Waals surface area contributed by atoms with E-state index >= 15 is 0 Å². The lowest BCUT2D eigenvalue weighted by Gasteiger charge is -2.21. The summed E-state index contributed by atoms with van der Waals surface area (Å²) in [6.45, 7) is 4.87. The van der Waals surface area contributed by atoms with Crippen molar-refractivity contribution in [2.75, 3.05) is 39.6 Å². The Hall–Kier alpha value is -2.98. The summed E-state index contributed by atoms with van der Waals surface area (Å²) in [6.07, 6.45) is 69.4. The molecule has 0 aromatic heterocycles. The Morgan fingerprint density at radius 2 is 0.500 bits per heavy atom. The maximum absolute atomic E-state index is 13.1. The van der Waals surface area contributed by atoms with Crippen LogP contribution >= 0.6 is 15.6 Å². The summed E-state index contributed by atoms with van der Waals surface area (Å²) in [7, 11) is -9.94. The molecule has 19 heteroatoms. The molecule has 0 radical (unpaired) electrons. The van der Waals surface area contributed by atoms with Crippen LogP contribution in [-0.4, -0.2) is 96.7 Å². The molecular weight excluding hydrogens is 1280 g/mol. The fraction of sp³-hybridized carbons (Fsp3) is 0.848. The molecule has 0 rings (SSSR count). The molecule has 0 aliphatic carbocycles. The summed E-state index contributed by atoms with van der Waals surface area (Å²) < 4.78 is 68.6. The zero-order valence-electron chi connectivity index (χ0n) is 62.7. The number of phosphoric acid groups is 2. The quantitative estimate of drug-likeness (QED) is 0.0169. The summed E-state index contributed by atoms with van der Waals surface area (Å²) in [5.41, 5.74) is 0. The van der Waals surface area contributed by atoms with Gasteiger partial charge in [-0.1, -0.05) is 288 Å². The number of carbonyl (C=O) groups is 4. The van der Waals surface area contributed by atoms with Crippen LogP contribution in [-0.2, 0) is 65.4 Å². The topological polar surface area (TPSA) is 237 Å². The average molecular weight is 1430 g/mol. The Morgan fingerprint density at radius 3 is 0.796 bits per heavy atom. The van der Waals surface area contributed by atoms with Gasteiger partial charge in [-0.05, 0) is 109 Å². The van der Waals surface area contributed by atoms with E-state index in [1.807, 2.05) is 0 Å². The standard InChI is InChI=1S/C79H146O17P2/c1-5-9-13-17-21-25-29-33-36-40-43-47-51-55-59-63-76(81)89-69-74(95-78(83)65-61-57-53-49-45-39-32-28-24-20-16-12-8-4)71-93-97(85,86)91-67-73(80)68-92-98(87,88)94-72-75(96-79(84)66-62-58-54-50-46-42-38-35-31-27-23-19-15-11-7-3)70-90-77(82)64-60-56-52-48-44-41-37-34-30-26-22-18-14-10-6-2/h21,25,28,32-34,36-37,73-75,80H,5-20,22-24,26-27,29-31,35,38-72H2,1-4H3,(H,85,86)(H,87,88)/b25-21-,32-28-,36-33-,37-34-. The van der Waals surface area contributed by atoms with Gasteiger partial charge in [-0.2, -0.15) is 0 Å². The van der Waals surface area contributed by atoms with Gasteiger partial charge in [0, 0.05) is 25.7 Å². The summed E-state index contributed by atoms with van der Waals surface area (Å²) >= 11 is 0. The lowest BCUT2D eigenvalue weighted by molar-refractivity contribution is -0.161. The number of ether oxygens (including phenoxy) is 4. The van der Waals surface area contributed by atoms with E-state index in [2.05, 4.69) is 76.3 Å². The van der Waals surface area contributed by atoms with Crippen molar-refractivity contribution in [1.82, 2.24) is 0 Å². The summed E-state index contributed by atoms with van der Waals surface area (Å²) in [4.78, 5) is 72.9. The number of phosphoric ester groups is 2. The van der Waals surface area contributed by atoms with E-state index in [9.17, 15) is 43.2 Å². The zero-order valence-corrected chi connectivity index (χ0v) is 64.5. The van der Waals surface area contributed by atoms with Crippen molar-refractivity contribution in [2.45, 2.75) is 393 Å². The van der Waals surface area contributed by atoms with Gasteiger partial charge in [0.25, 0.3) is 0 Å². The number of allylic oxidation sites excluding steroid dienone is 8. The van der Waals surface area contributed by atoms with Gasteiger partial charge in [0.2, 0.25) is 0 Å². The normalized spacial score (nSPS) is 14.2. The van der Waals surface area contributed by atoms with Gasteiger partial charge in [0.05, 0.1) is 26.4 Å². The van der Waals surface area contributed by atoms with Crippen molar-refractivity contribution < 1.29 is 80.2 Å². The van der Waals surface area contributed by atoms with Crippen molar-refractivity contribution in [2.24, 2.45) is 0 Å². The zero-order chi connectivity index (χ0) is 71.8. The number of aliphatic hydroxyl groups excluding tert-OH is 1. The molecule has 0 bridgehead atoms. The predicted molar refractivity (Wildman–Crippen MR) is 400 cm³/mol. The minimum absolute atomic E-state index is 0.0864. The van der Waals surface area contributed by atoms with Gasteiger partial charge < -0.3 is 33.8 Å². The molecule has 0 amide bonds. The molecule has 5 atom stereocenters.